The molecule has 0 radical (unpaired) electrons. The Labute approximate surface area is 161 Å². The number of unbranched alkanes of at least 4 members (excludes halogenated alkanes) is 3. The van der Waals surface area contributed by atoms with Crippen LogP contribution in [-0.4, -0.2) is 20.9 Å². The maximum atomic E-state index is 12.3. The maximum absolute atomic E-state index is 12.3. The molecule has 0 fully saturated rings. The molecule has 0 aliphatic carbocycles. The van der Waals surface area contributed by atoms with Gasteiger partial charge in [-0.1, -0.05) is 26.2 Å². The smallest absolute Gasteiger partial charge is 0.271 e. The van der Waals surface area contributed by atoms with Crippen molar-refractivity contribution in [1.82, 2.24) is 5.32 Å². The van der Waals surface area contributed by atoms with E-state index in [0.717, 1.165) is 34.4 Å². The fourth-order valence-electron chi connectivity index (χ4n) is 2.19. The van der Waals surface area contributed by atoms with Crippen molar-refractivity contribution in [2.24, 2.45) is 0 Å². The molecule has 1 heterocycles. The molecular formula is C17H21BrN2O3S2. The van der Waals surface area contributed by atoms with E-state index in [2.05, 4.69) is 32.9 Å². The Hall–Kier alpha value is -1.38. The van der Waals surface area contributed by atoms with E-state index in [1.807, 2.05) is 0 Å². The fourth-order valence-corrected chi connectivity index (χ4v) is 5.26. The van der Waals surface area contributed by atoms with Gasteiger partial charge in [-0.15, -0.1) is 11.3 Å². The molecule has 1 amide bonds. The van der Waals surface area contributed by atoms with Crippen LogP contribution in [0.3, 0.4) is 0 Å². The Kier molecular flexibility index (Phi) is 7.46. The molecular weight excluding hydrogens is 424 g/mol. The monoisotopic (exact) mass is 444 g/mol. The second kappa shape index (κ2) is 9.35. The van der Waals surface area contributed by atoms with Crippen LogP contribution < -0.4 is 10.0 Å². The molecule has 1 aromatic heterocycles. The third-order valence-corrected chi connectivity index (χ3v) is 7.03. The number of benzene rings is 1. The van der Waals surface area contributed by atoms with Gasteiger partial charge in [-0.2, -0.15) is 0 Å². The number of rotatable bonds is 9. The van der Waals surface area contributed by atoms with Gasteiger partial charge in [0, 0.05) is 17.8 Å². The highest BCUT2D eigenvalue weighted by molar-refractivity contribution is 9.11. The van der Waals surface area contributed by atoms with Crippen molar-refractivity contribution < 1.29 is 13.2 Å². The predicted molar refractivity (Wildman–Crippen MR) is 106 cm³/mol. The Balaban J connectivity index is 1.92. The van der Waals surface area contributed by atoms with Crippen molar-refractivity contribution in [3.63, 3.8) is 0 Å². The van der Waals surface area contributed by atoms with E-state index < -0.39 is 10.0 Å². The lowest BCUT2D eigenvalue weighted by molar-refractivity contribution is 0.0953. The van der Waals surface area contributed by atoms with Gasteiger partial charge in [-0.25, -0.2) is 8.42 Å². The van der Waals surface area contributed by atoms with E-state index >= 15 is 0 Å². The molecule has 2 N–H and O–H groups in total. The van der Waals surface area contributed by atoms with E-state index in [1.165, 1.54) is 12.5 Å². The number of hydrogen-bond acceptors (Lipinski definition) is 4. The lowest BCUT2D eigenvalue weighted by Crippen LogP contribution is -2.24. The van der Waals surface area contributed by atoms with E-state index in [1.54, 1.807) is 30.3 Å². The highest BCUT2D eigenvalue weighted by Crippen LogP contribution is 2.27. The average Bonchev–Trinajstić information content (AvgIpc) is 3.02. The number of anilines is 1. The van der Waals surface area contributed by atoms with E-state index in [9.17, 15) is 13.2 Å². The van der Waals surface area contributed by atoms with Gasteiger partial charge in [-0.05, 0) is 58.7 Å². The minimum Gasteiger partial charge on any atom is -0.352 e. The van der Waals surface area contributed by atoms with Gasteiger partial charge in [0.15, 0.2) is 0 Å². The van der Waals surface area contributed by atoms with Crippen LogP contribution in [0.2, 0.25) is 0 Å². The van der Waals surface area contributed by atoms with Gasteiger partial charge in [0.1, 0.15) is 4.21 Å². The zero-order chi connectivity index (χ0) is 18.3. The number of carbonyl (C=O) groups excluding carboxylic acids is 1. The molecule has 5 nitrogen and oxygen atoms in total. The Morgan fingerprint density at radius 2 is 1.80 bits per heavy atom. The third kappa shape index (κ3) is 6.13. The second-order valence-electron chi connectivity index (χ2n) is 5.56. The molecule has 0 aliphatic rings. The quantitative estimate of drug-likeness (QED) is 0.553. The lowest BCUT2D eigenvalue weighted by Gasteiger charge is -2.08. The predicted octanol–water partition coefficient (Wildman–Crippen LogP) is 4.62. The van der Waals surface area contributed by atoms with Crippen molar-refractivity contribution >= 4 is 48.9 Å². The topological polar surface area (TPSA) is 75.3 Å². The summed E-state index contributed by atoms with van der Waals surface area (Å²) in [6.45, 7) is 2.80. The number of amides is 1. The van der Waals surface area contributed by atoms with Crippen LogP contribution in [0.25, 0.3) is 0 Å². The van der Waals surface area contributed by atoms with Gasteiger partial charge < -0.3 is 5.32 Å². The van der Waals surface area contributed by atoms with Crippen molar-refractivity contribution in [3.8, 4) is 0 Å². The van der Waals surface area contributed by atoms with Crippen LogP contribution >= 0.6 is 27.3 Å². The van der Waals surface area contributed by atoms with Gasteiger partial charge in [-0.3, -0.25) is 9.52 Å². The van der Waals surface area contributed by atoms with Crippen molar-refractivity contribution in [2.75, 3.05) is 11.3 Å². The number of hydrogen-bond donors (Lipinski definition) is 2. The first-order chi connectivity index (χ1) is 11.9. The van der Waals surface area contributed by atoms with E-state index in [4.69, 9.17) is 0 Å². The summed E-state index contributed by atoms with van der Waals surface area (Å²) >= 11 is 4.39. The fraction of sp³-hybridized carbons (Fsp3) is 0.353. The Morgan fingerprint density at radius 3 is 2.40 bits per heavy atom. The largest absolute Gasteiger partial charge is 0.352 e. The van der Waals surface area contributed by atoms with Crippen molar-refractivity contribution in [1.29, 1.82) is 0 Å². The molecule has 1 aromatic carbocycles. The van der Waals surface area contributed by atoms with E-state index in [-0.39, 0.29) is 10.1 Å². The minimum absolute atomic E-state index is 0.145. The molecule has 0 spiro atoms. The van der Waals surface area contributed by atoms with Crippen LogP contribution in [-0.2, 0) is 10.0 Å². The summed E-state index contributed by atoms with van der Waals surface area (Å²) in [6.07, 6.45) is 4.41. The van der Waals surface area contributed by atoms with Crippen molar-refractivity contribution in [3.05, 3.63) is 45.7 Å². The molecule has 25 heavy (non-hydrogen) atoms. The molecule has 8 heteroatoms. The Bertz CT molecular complexity index is 802. The molecule has 0 aliphatic heterocycles. The first-order valence-corrected chi connectivity index (χ1v) is 11.2. The SMILES string of the molecule is CCCCCCNC(=O)c1ccc(NS(=O)(=O)c2ccc(Br)s2)cc1. The summed E-state index contributed by atoms with van der Waals surface area (Å²) in [4.78, 5) is 12.0. The van der Waals surface area contributed by atoms with E-state index in [0.29, 0.717) is 17.8 Å². The third-order valence-electron chi connectivity index (χ3n) is 3.53. The standard InChI is InChI=1S/C17H21BrN2O3S2/c1-2-3-4-5-12-19-17(21)13-6-8-14(9-7-13)20-25(22,23)16-11-10-15(18)24-16/h6-11,20H,2-5,12H2,1H3,(H,19,21). The zero-order valence-corrected chi connectivity index (χ0v) is 17.1. The molecule has 0 atom stereocenters. The summed E-state index contributed by atoms with van der Waals surface area (Å²) in [7, 11) is -3.61. The first kappa shape index (κ1) is 19.9. The molecule has 136 valence electrons. The molecule has 0 saturated carbocycles. The summed E-state index contributed by atoms with van der Waals surface area (Å²) < 4.78 is 28.0. The highest BCUT2D eigenvalue weighted by Gasteiger charge is 2.16. The van der Waals surface area contributed by atoms with Crippen LogP contribution in [0.5, 0.6) is 0 Å². The first-order valence-electron chi connectivity index (χ1n) is 8.09. The summed E-state index contributed by atoms with van der Waals surface area (Å²) in [5, 5.41) is 2.87. The molecule has 0 bridgehead atoms. The second-order valence-corrected chi connectivity index (χ2v) is 9.93. The van der Waals surface area contributed by atoms with Gasteiger partial charge in [0.05, 0.1) is 3.79 Å². The zero-order valence-electron chi connectivity index (χ0n) is 13.9. The van der Waals surface area contributed by atoms with Gasteiger partial charge >= 0.3 is 0 Å². The number of carbonyl (C=O) groups is 1. The molecule has 2 rings (SSSR count). The van der Waals surface area contributed by atoms with Crippen LogP contribution in [0.4, 0.5) is 5.69 Å². The summed E-state index contributed by atoms with van der Waals surface area (Å²) in [5.41, 5.74) is 0.932. The number of nitrogens with one attached hydrogen (secondary N) is 2. The number of halogens is 1. The molecule has 0 saturated heterocycles. The van der Waals surface area contributed by atoms with Gasteiger partial charge in [0.2, 0.25) is 0 Å². The average molecular weight is 445 g/mol. The normalized spacial score (nSPS) is 11.3. The number of thiophene rings is 1. The maximum Gasteiger partial charge on any atom is 0.271 e. The highest BCUT2D eigenvalue weighted by atomic mass is 79.9. The summed E-state index contributed by atoms with van der Waals surface area (Å²) in [5.74, 6) is -0.145. The van der Waals surface area contributed by atoms with Crippen LogP contribution in [0.15, 0.2) is 44.4 Å². The molecule has 2 aromatic rings. The van der Waals surface area contributed by atoms with Crippen LogP contribution in [0, 0.1) is 0 Å². The molecule has 0 unspecified atom stereocenters. The summed E-state index contributed by atoms with van der Waals surface area (Å²) in [6, 6.07) is 9.64. The number of sulfonamides is 1. The van der Waals surface area contributed by atoms with Gasteiger partial charge in [0.25, 0.3) is 15.9 Å². The lowest BCUT2D eigenvalue weighted by atomic mass is 10.2. The minimum atomic E-state index is -3.61. The Morgan fingerprint density at radius 1 is 1.08 bits per heavy atom. The van der Waals surface area contributed by atoms with Crippen molar-refractivity contribution in [2.45, 2.75) is 36.8 Å². The van der Waals surface area contributed by atoms with Crippen LogP contribution in [0.1, 0.15) is 43.0 Å².